The van der Waals surface area contributed by atoms with Crippen molar-refractivity contribution in [1.29, 1.82) is 0 Å². The minimum absolute atomic E-state index is 0.0563. The van der Waals surface area contributed by atoms with E-state index in [1.54, 1.807) is 48.4 Å². The molecule has 0 unspecified atom stereocenters. The van der Waals surface area contributed by atoms with Gasteiger partial charge in [-0.15, -0.1) is 0 Å². The smallest absolute Gasteiger partial charge is 0.323 e. The molecule has 2 aromatic rings. The lowest BCUT2D eigenvalue weighted by molar-refractivity contribution is -0.134. The molecule has 9 nitrogen and oxygen atoms in total. The van der Waals surface area contributed by atoms with Crippen molar-refractivity contribution in [3.8, 4) is 11.5 Å². The van der Waals surface area contributed by atoms with Crippen LogP contribution in [0.1, 0.15) is 51.5 Å². The Balaban J connectivity index is 1.52. The molecule has 3 atom stereocenters. The molecule has 2 aromatic carbocycles. The van der Waals surface area contributed by atoms with Crippen molar-refractivity contribution in [2.24, 2.45) is 11.8 Å². The summed E-state index contributed by atoms with van der Waals surface area (Å²) in [5, 5.41) is 15.6. The monoisotopic (exact) mass is 566 g/mol. The van der Waals surface area contributed by atoms with Gasteiger partial charge < -0.3 is 35.0 Å². The molecule has 4 rings (SSSR count). The van der Waals surface area contributed by atoms with Crippen LogP contribution >= 0.6 is 0 Å². The van der Waals surface area contributed by atoms with Gasteiger partial charge >= 0.3 is 6.03 Å². The minimum Gasteiger partial charge on any atom is -0.497 e. The zero-order chi connectivity index (χ0) is 29.4. The second kappa shape index (κ2) is 14.5. The van der Waals surface area contributed by atoms with Crippen LogP contribution in [0.25, 0.3) is 0 Å². The van der Waals surface area contributed by atoms with Gasteiger partial charge in [0.1, 0.15) is 17.6 Å². The lowest BCUT2D eigenvalue weighted by Gasteiger charge is -2.35. The van der Waals surface area contributed by atoms with Crippen molar-refractivity contribution >= 4 is 23.3 Å². The third kappa shape index (κ3) is 8.60. The Morgan fingerprint density at radius 3 is 2.46 bits per heavy atom. The first-order valence-electron chi connectivity index (χ1n) is 14.9. The number of aliphatic hydroxyl groups excluding tert-OH is 1. The number of likely N-dealkylation sites (N-methyl/N-ethyl adjacent to an activating group) is 1. The van der Waals surface area contributed by atoms with E-state index in [-0.39, 0.29) is 37.0 Å². The Bertz CT molecular complexity index is 1150. The van der Waals surface area contributed by atoms with Crippen LogP contribution in [-0.4, -0.2) is 79.4 Å². The molecule has 224 valence electrons. The number of fused-ring (bicyclic) bond motifs is 1. The number of urea groups is 1. The van der Waals surface area contributed by atoms with E-state index in [9.17, 15) is 14.7 Å². The van der Waals surface area contributed by atoms with E-state index in [4.69, 9.17) is 9.47 Å². The molecule has 1 saturated carbocycles. The molecule has 9 heteroatoms. The van der Waals surface area contributed by atoms with Gasteiger partial charge in [0, 0.05) is 42.5 Å². The van der Waals surface area contributed by atoms with Crippen molar-refractivity contribution in [1.82, 2.24) is 9.80 Å². The summed E-state index contributed by atoms with van der Waals surface area (Å²) in [7, 11) is 3.75. The first kappa shape index (κ1) is 30.7. The highest BCUT2D eigenvalue weighted by molar-refractivity contribution is 6.00. The van der Waals surface area contributed by atoms with Crippen molar-refractivity contribution in [3.63, 3.8) is 0 Å². The van der Waals surface area contributed by atoms with Gasteiger partial charge in [0.2, 0.25) is 5.91 Å². The molecular weight excluding hydrogens is 520 g/mol. The number of amides is 3. The van der Waals surface area contributed by atoms with E-state index < -0.39 is 6.03 Å². The Hall–Kier alpha value is -3.30. The highest BCUT2D eigenvalue weighted by Gasteiger charge is 2.31. The highest BCUT2D eigenvalue weighted by atomic mass is 16.5. The van der Waals surface area contributed by atoms with Gasteiger partial charge in [-0.25, -0.2) is 4.79 Å². The van der Waals surface area contributed by atoms with Gasteiger partial charge in [-0.2, -0.15) is 0 Å². The van der Waals surface area contributed by atoms with E-state index in [0.717, 1.165) is 19.0 Å². The van der Waals surface area contributed by atoms with E-state index in [0.29, 0.717) is 35.0 Å². The number of carbonyl (C=O) groups excluding carboxylic acids is 2. The fourth-order valence-corrected chi connectivity index (χ4v) is 5.89. The first-order chi connectivity index (χ1) is 19.7. The average Bonchev–Trinajstić information content (AvgIpc) is 3.01. The number of benzene rings is 2. The predicted molar refractivity (Wildman–Crippen MR) is 162 cm³/mol. The Kier molecular flexibility index (Phi) is 10.9. The highest BCUT2D eigenvalue weighted by Crippen LogP contribution is 2.30. The number of carbonyl (C=O) groups is 2. The number of nitrogens with one attached hydrogen (secondary N) is 2. The molecule has 1 heterocycles. The van der Waals surface area contributed by atoms with Gasteiger partial charge in [-0.05, 0) is 75.2 Å². The normalized spacial score (nSPS) is 20.7. The van der Waals surface area contributed by atoms with Crippen molar-refractivity contribution < 1.29 is 24.2 Å². The maximum absolute atomic E-state index is 13.5. The summed E-state index contributed by atoms with van der Waals surface area (Å²) in [5.74, 6) is 2.06. The molecule has 1 fully saturated rings. The Labute approximate surface area is 244 Å². The van der Waals surface area contributed by atoms with Crippen LogP contribution in [0.4, 0.5) is 16.2 Å². The molecule has 3 N–H and O–H groups in total. The fourth-order valence-electron chi connectivity index (χ4n) is 5.89. The molecule has 1 aliphatic heterocycles. The third-order valence-electron chi connectivity index (χ3n) is 8.31. The van der Waals surface area contributed by atoms with Crippen LogP contribution in [-0.2, 0) is 11.2 Å². The third-order valence-corrected chi connectivity index (χ3v) is 8.31. The van der Waals surface area contributed by atoms with Gasteiger partial charge in [-0.1, -0.05) is 26.2 Å². The molecule has 0 radical (unpaired) electrons. The van der Waals surface area contributed by atoms with Gasteiger partial charge in [0.15, 0.2) is 0 Å². The minimum atomic E-state index is -0.392. The number of ether oxygens (including phenoxy) is 2. The average molecular weight is 567 g/mol. The standard InChI is InChI=1S/C32H46N4O5/c1-22-18-36(23(2)21-37)31(38)17-25-16-27(34-32(39)33-26-10-13-28(40-4)14-11-26)12-15-29(25)41-30(22)20-35(3)19-24-8-6-5-7-9-24/h10-16,22-24,30,37H,5-9,17-21H2,1-4H3,(H2,33,34,39)/t22-,23-,30+/m1/s1. The summed E-state index contributed by atoms with van der Waals surface area (Å²) < 4.78 is 11.8. The summed E-state index contributed by atoms with van der Waals surface area (Å²) in [4.78, 5) is 30.3. The lowest BCUT2D eigenvalue weighted by atomic mass is 9.89. The Morgan fingerprint density at radius 1 is 1.10 bits per heavy atom. The van der Waals surface area contributed by atoms with E-state index in [1.807, 2.05) is 13.0 Å². The van der Waals surface area contributed by atoms with Crippen LogP contribution in [0.15, 0.2) is 42.5 Å². The molecule has 41 heavy (non-hydrogen) atoms. The van der Waals surface area contributed by atoms with Crippen LogP contribution < -0.4 is 20.1 Å². The summed E-state index contributed by atoms with van der Waals surface area (Å²) >= 11 is 0. The summed E-state index contributed by atoms with van der Waals surface area (Å²) in [6, 6.07) is 11.8. The van der Waals surface area contributed by atoms with Gasteiger partial charge in [0.05, 0.1) is 26.2 Å². The van der Waals surface area contributed by atoms with Crippen LogP contribution in [0, 0.1) is 11.8 Å². The largest absolute Gasteiger partial charge is 0.497 e. The second-order valence-corrected chi connectivity index (χ2v) is 11.7. The molecule has 0 saturated heterocycles. The fraction of sp³-hybridized carbons (Fsp3) is 0.562. The summed E-state index contributed by atoms with van der Waals surface area (Å²) in [5.41, 5.74) is 1.90. The zero-order valence-electron chi connectivity index (χ0n) is 24.9. The maximum Gasteiger partial charge on any atom is 0.323 e. The first-order valence-corrected chi connectivity index (χ1v) is 14.9. The van der Waals surface area contributed by atoms with Crippen molar-refractivity contribution in [3.05, 3.63) is 48.0 Å². The number of anilines is 2. The lowest BCUT2D eigenvalue weighted by Crippen LogP contribution is -2.48. The molecule has 3 amide bonds. The molecule has 0 spiro atoms. The van der Waals surface area contributed by atoms with Gasteiger partial charge in [0.25, 0.3) is 0 Å². The number of methoxy groups -OCH3 is 1. The van der Waals surface area contributed by atoms with Crippen molar-refractivity contribution in [2.45, 2.75) is 64.5 Å². The molecule has 2 aliphatic rings. The number of nitrogens with zero attached hydrogens (tertiary/aromatic N) is 2. The maximum atomic E-state index is 13.5. The number of aliphatic hydroxyl groups is 1. The number of rotatable bonds is 9. The van der Waals surface area contributed by atoms with Crippen molar-refractivity contribution in [2.75, 3.05) is 51.0 Å². The molecule has 1 aliphatic carbocycles. The molecule has 0 bridgehead atoms. The predicted octanol–water partition coefficient (Wildman–Crippen LogP) is 5.00. The van der Waals surface area contributed by atoms with E-state index in [1.165, 1.54) is 32.1 Å². The molecule has 0 aromatic heterocycles. The van der Waals surface area contributed by atoms with Crippen LogP contribution in [0.3, 0.4) is 0 Å². The quantitative estimate of drug-likeness (QED) is 0.395. The van der Waals surface area contributed by atoms with Crippen LogP contribution in [0.2, 0.25) is 0 Å². The Morgan fingerprint density at radius 2 is 1.78 bits per heavy atom. The summed E-state index contributed by atoms with van der Waals surface area (Å²) in [6.45, 7) is 6.18. The van der Waals surface area contributed by atoms with E-state index in [2.05, 4.69) is 29.5 Å². The number of hydrogen-bond acceptors (Lipinski definition) is 6. The SMILES string of the molecule is COc1ccc(NC(=O)Nc2ccc3c(c2)CC(=O)N([C@H](C)CO)C[C@@H](C)[C@H](CN(C)CC2CCCCC2)O3)cc1. The van der Waals surface area contributed by atoms with Crippen LogP contribution in [0.5, 0.6) is 11.5 Å². The topological polar surface area (TPSA) is 103 Å². The molecular formula is C32H46N4O5. The number of hydrogen-bond donors (Lipinski definition) is 3. The second-order valence-electron chi connectivity index (χ2n) is 11.7. The van der Waals surface area contributed by atoms with Gasteiger partial charge in [-0.3, -0.25) is 4.79 Å². The summed E-state index contributed by atoms with van der Waals surface area (Å²) in [6.07, 6.45) is 6.51. The van der Waals surface area contributed by atoms with E-state index >= 15 is 0 Å². The zero-order valence-corrected chi connectivity index (χ0v) is 24.9.